The summed E-state index contributed by atoms with van der Waals surface area (Å²) in [6.45, 7) is 8.68. The number of aryl methyl sites for hydroxylation is 2. The molecule has 4 nitrogen and oxygen atoms in total. The lowest BCUT2D eigenvalue weighted by molar-refractivity contribution is -0.122. The molecule has 3 aromatic carbocycles. The van der Waals surface area contributed by atoms with E-state index in [4.69, 9.17) is 4.74 Å². The van der Waals surface area contributed by atoms with Crippen LogP contribution in [0.2, 0.25) is 0 Å². The molecule has 1 fully saturated rings. The van der Waals surface area contributed by atoms with Gasteiger partial charge in [-0.1, -0.05) is 59.7 Å². The molecule has 32 heavy (non-hydrogen) atoms. The number of nitrogens with zero attached hydrogens (tertiary/aromatic N) is 1. The van der Waals surface area contributed by atoms with Gasteiger partial charge in [-0.25, -0.2) is 5.43 Å². The van der Waals surface area contributed by atoms with E-state index in [-0.39, 0.29) is 17.2 Å². The number of rotatable bonds is 7. The molecule has 0 bridgehead atoms. The molecular formula is C28H30N2O2. The van der Waals surface area contributed by atoms with Crippen LogP contribution < -0.4 is 10.2 Å². The van der Waals surface area contributed by atoms with Crippen molar-refractivity contribution >= 4 is 11.6 Å². The molecular weight excluding hydrogens is 396 g/mol. The normalized spacial score (nSPS) is 17.0. The third-order valence-corrected chi connectivity index (χ3v) is 6.26. The molecule has 0 aliphatic heterocycles. The first kappa shape index (κ1) is 21.8. The zero-order valence-corrected chi connectivity index (χ0v) is 19.2. The van der Waals surface area contributed by atoms with E-state index in [9.17, 15) is 4.79 Å². The van der Waals surface area contributed by atoms with Crippen LogP contribution in [0.1, 0.15) is 48.1 Å². The lowest BCUT2D eigenvalue weighted by atomic mass is 9.84. The van der Waals surface area contributed by atoms with Crippen LogP contribution in [0, 0.1) is 19.8 Å². The Morgan fingerprint density at radius 1 is 1.00 bits per heavy atom. The van der Waals surface area contributed by atoms with Crippen molar-refractivity contribution in [2.24, 2.45) is 11.0 Å². The lowest BCUT2D eigenvalue weighted by Gasteiger charge is -2.20. The summed E-state index contributed by atoms with van der Waals surface area (Å²) >= 11 is 0. The second kappa shape index (κ2) is 8.99. The van der Waals surface area contributed by atoms with Gasteiger partial charge in [0, 0.05) is 5.41 Å². The van der Waals surface area contributed by atoms with Gasteiger partial charge < -0.3 is 4.74 Å². The SMILES string of the molecule is CCOc1ccc(C(C)=NNC(=O)[C@@H]2CC2(c2cccc(C)c2)c2cccc(C)c2)cc1. The fourth-order valence-electron chi connectivity index (χ4n) is 4.47. The van der Waals surface area contributed by atoms with Gasteiger partial charge in [0.1, 0.15) is 5.75 Å². The maximum atomic E-state index is 13.2. The van der Waals surface area contributed by atoms with Crippen molar-refractivity contribution in [1.29, 1.82) is 0 Å². The first-order valence-electron chi connectivity index (χ1n) is 11.2. The van der Waals surface area contributed by atoms with Crippen LogP contribution in [0.4, 0.5) is 0 Å². The van der Waals surface area contributed by atoms with E-state index < -0.39 is 0 Å². The van der Waals surface area contributed by atoms with Gasteiger partial charge >= 0.3 is 0 Å². The summed E-state index contributed by atoms with van der Waals surface area (Å²) in [7, 11) is 0. The number of amides is 1. The van der Waals surface area contributed by atoms with Crippen molar-refractivity contribution in [2.45, 2.75) is 39.5 Å². The van der Waals surface area contributed by atoms with Gasteiger partial charge in [0.2, 0.25) is 5.91 Å². The smallest absolute Gasteiger partial charge is 0.244 e. The van der Waals surface area contributed by atoms with E-state index in [1.807, 2.05) is 38.1 Å². The molecule has 0 radical (unpaired) electrons. The Balaban J connectivity index is 1.56. The Morgan fingerprint density at radius 3 is 2.12 bits per heavy atom. The largest absolute Gasteiger partial charge is 0.494 e. The van der Waals surface area contributed by atoms with Gasteiger partial charge in [-0.3, -0.25) is 4.79 Å². The molecule has 0 saturated heterocycles. The Bertz CT molecular complexity index is 1100. The second-order valence-electron chi connectivity index (χ2n) is 8.60. The third-order valence-electron chi connectivity index (χ3n) is 6.26. The predicted molar refractivity (Wildman–Crippen MR) is 129 cm³/mol. The van der Waals surface area contributed by atoms with Crippen molar-refractivity contribution < 1.29 is 9.53 Å². The van der Waals surface area contributed by atoms with Crippen molar-refractivity contribution in [3.05, 3.63) is 101 Å². The Morgan fingerprint density at radius 2 is 1.59 bits per heavy atom. The highest BCUT2D eigenvalue weighted by Gasteiger charge is 2.60. The number of carbonyl (C=O) groups is 1. The topological polar surface area (TPSA) is 50.7 Å². The van der Waals surface area contributed by atoms with Gasteiger partial charge in [0.15, 0.2) is 0 Å². The molecule has 1 N–H and O–H groups in total. The number of benzene rings is 3. The minimum atomic E-state index is -0.301. The highest BCUT2D eigenvalue weighted by atomic mass is 16.5. The molecule has 164 valence electrons. The summed E-state index contributed by atoms with van der Waals surface area (Å²) in [6.07, 6.45) is 0.781. The van der Waals surface area contributed by atoms with E-state index in [0.29, 0.717) is 6.61 Å². The number of hydrazone groups is 1. The molecule has 0 aromatic heterocycles. The molecule has 1 atom stereocenters. The number of ether oxygens (including phenoxy) is 1. The van der Waals surface area contributed by atoms with E-state index >= 15 is 0 Å². The Hall–Kier alpha value is -3.40. The first-order valence-corrected chi connectivity index (χ1v) is 11.2. The minimum Gasteiger partial charge on any atom is -0.494 e. The number of carbonyl (C=O) groups excluding carboxylic acids is 1. The Kier molecular flexibility index (Phi) is 6.13. The molecule has 0 heterocycles. The quantitative estimate of drug-likeness (QED) is 0.398. The summed E-state index contributed by atoms with van der Waals surface area (Å²) in [5.41, 5.74) is 9.02. The monoisotopic (exact) mass is 426 g/mol. The van der Waals surface area contributed by atoms with Crippen LogP contribution in [0.3, 0.4) is 0 Å². The van der Waals surface area contributed by atoms with Crippen molar-refractivity contribution in [1.82, 2.24) is 5.43 Å². The molecule has 3 aromatic rings. The molecule has 1 aliphatic rings. The number of nitrogens with one attached hydrogen (secondary N) is 1. The molecule has 0 unspecified atom stereocenters. The van der Waals surface area contributed by atoms with Crippen molar-refractivity contribution in [2.75, 3.05) is 6.61 Å². The van der Waals surface area contributed by atoms with Crippen LogP contribution in [0.5, 0.6) is 5.75 Å². The van der Waals surface area contributed by atoms with Crippen molar-refractivity contribution in [3.8, 4) is 5.75 Å². The third kappa shape index (κ3) is 4.31. The first-order chi connectivity index (χ1) is 15.4. The molecule has 1 amide bonds. The van der Waals surface area contributed by atoms with Crippen LogP contribution in [-0.4, -0.2) is 18.2 Å². The number of hydrogen-bond donors (Lipinski definition) is 1. The fraction of sp³-hybridized carbons (Fsp3) is 0.286. The van der Waals surface area contributed by atoms with Gasteiger partial charge in [0.05, 0.1) is 18.2 Å². The average Bonchev–Trinajstić information content (AvgIpc) is 3.55. The molecule has 0 spiro atoms. The highest BCUT2D eigenvalue weighted by molar-refractivity contribution is 5.99. The summed E-state index contributed by atoms with van der Waals surface area (Å²) in [5.74, 6) is 0.633. The molecule has 4 rings (SSSR count). The summed E-state index contributed by atoms with van der Waals surface area (Å²) in [4.78, 5) is 13.2. The van der Waals surface area contributed by atoms with Gasteiger partial charge in [-0.2, -0.15) is 5.10 Å². The second-order valence-corrected chi connectivity index (χ2v) is 8.60. The number of hydrogen-bond acceptors (Lipinski definition) is 3. The van der Waals surface area contributed by atoms with E-state index in [0.717, 1.165) is 23.4 Å². The van der Waals surface area contributed by atoms with Crippen LogP contribution in [0.15, 0.2) is 77.9 Å². The zero-order valence-electron chi connectivity index (χ0n) is 19.2. The predicted octanol–water partition coefficient (Wildman–Crippen LogP) is 5.55. The zero-order chi connectivity index (χ0) is 22.7. The molecule has 1 saturated carbocycles. The lowest BCUT2D eigenvalue weighted by Crippen LogP contribution is -2.26. The molecule has 4 heteroatoms. The summed E-state index contributed by atoms with van der Waals surface area (Å²) in [6, 6.07) is 24.7. The van der Waals surface area contributed by atoms with Crippen LogP contribution >= 0.6 is 0 Å². The minimum absolute atomic E-state index is 0.0432. The summed E-state index contributed by atoms with van der Waals surface area (Å²) < 4.78 is 5.49. The van der Waals surface area contributed by atoms with Gasteiger partial charge in [0.25, 0.3) is 0 Å². The van der Waals surface area contributed by atoms with E-state index in [2.05, 4.69) is 72.9 Å². The van der Waals surface area contributed by atoms with Crippen molar-refractivity contribution in [3.63, 3.8) is 0 Å². The Labute approximate surface area is 190 Å². The fourth-order valence-corrected chi connectivity index (χ4v) is 4.47. The van der Waals surface area contributed by atoms with Gasteiger partial charge in [-0.15, -0.1) is 0 Å². The van der Waals surface area contributed by atoms with Crippen LogP contribution in [0.25, 0.3) is 0 Å². The van der Waals surface area contributed by atoms with E-state index in [1.54, 1.807) is 0 Å². The maximum absolute atomic E-state index is 13.2. The summed E-state index contributed by atoms with van der Waals surface area (Å²) in [5, 5.41) is 4.40. The van der Waals surface area contributed by atoms with Gasteiger partial charge in [-0.05, 0) is 75.1 Å². The average molecular weight is 427 g/mol. The standard InChI is InChI=1S/C28H30N2O2/c1-5-32-25-14-12-22(13-15-25)21(4)29-30-27(31)26-18-28(26,23-10-6-8-19(2)16-23)24-11-7-9-20(3)17-24/h6-17,26H,5,18H2,1-4H3,(H,30,31)/t26-/m0/s1. The maximum Gasteiger partial charge on any atom is 0.244 e. The molecule has 1 aliphatic carbocycles. The van der Waals surface area contributed by atoms with E-state index in [1.165, 1.54) is 22.3 Å². The highest BCUT2D eigenvalue weighted by Crippen LogP contribution is 2.59. The van der Waals surface area contributed by atoms with Crippen LogP contribution in [-0.2, 0) is 10.2 Å².